The van der Waals surface area contributed by atoms with E-state index in [1.165, 1.54) is 4.90 Å². The number of rotatable bonds is 3. The molecule has 1 aromatic rings. The van der Waals surface area contributed by atoms with E-state index in [1.54, 1.807) is 24.7 Å². The fraction of sp³-hybridized carbons (Fsp3) is 0.571. The Balaban J connectivity index is 2.18. The molecule has 2 heterocycles. The molecule has 0 radical (unpaired) electrons. The zero-order chi connectivity index (χ0) is 14.9. The Hall–Kier alpha value is -1.69. The SMILES string of the molecule is CC(C)=C(F)C(=O)N1C[C@@H](CO)[C@H](c2cnn(C)c2)C1. The van der Waals surface area contributed by atoms with Crippen molar-refractivity contribution in [3.63, 3.8) is 0 Å². The molecule has 20 heavy (non-hydrogen) atoms. The van der Waals surface area contributed by atoms with E-state index >= 15 is 0 Å². The second kappa shape index (κ2) is 5.75. The number of carbonyl (C=O) groups is 1. The number of aliphatic hydroxyl groups excluding tert-OH is 1. The molecule has 2 atom stereocenters. The maximum Gasteiger partial charge on any atom is 0.282 e. The molecule has 1 amide bonds. The molecule has 1 fully saturated rings. The zero-order valence-electron chi connectivity index (χ0n) is 12.0. The lowest BCUT2D eigenvalue weighted by atomic mass is 9.92. The van der Waals surface area contributed by atoms with E-state index < -0.39 is 11.7 Å². The number of halogens is 1. The predicted octanol–water partition coefficient (Wildman–Crippen LogP) is 1.22. The van der Waals surface area contributed by atoms with E-state index in [0.29, 0.717) is 18.7 Å². The highest BCUT2D eigenvalue weighted by Gasteiger charge is 2.37. The third-order valence-electron chi connectivity index (χ3n) is 3.74. The summed E-state index contributed by atoms with van der Waals surface area (Å²) in [5.41, 5.74) is 1.35. The molecule has 0 aliphatic carbocycles. The molecule has 1 aromatic heterocycles. The lowest BCUT2D eigenvalue weighted by Crippen LogP contribution is -2.29. The van der Waals surface area contributed by atoms with Crippen molar-refractivity contribution in [3.05, 3.63) is 29.4 Å². The first kappa shape index (κ1) is 14.7. The lowest BCUT2D eigenvalue weighted by molar-refractivity contribution is -0.127. The summed E-state index contributed by atoms with van der Waals surface area (Å²) in [6.45, 7) is 3.91. The number of aliphatic hydroxyl groups is 1. The standard InChI is InChI=1S/C14H20FN3O2/c1-9(2)13(15)14(20)18-6-11(8-19)12(7-18)10-4-16-17(3)5-10/h4-5,11-12,19H,6-8H2,1-3H3/t11-,12-/m0/s1. The van der Waals surface area contributed by atoms with Gasteiger partial charge in [-0.05, 0) is 25.0 Å². The van der Waals surface area contributed by atoms with Crippen LogP contribution in [-0.2, 0) is 11.8 Å². The van der Waals surface area contributed by atoms with Gasteiger partial charge in [-0.2, -0.15) is 5.10 Å². The predicted molar refractivity (Wildman–Crippen MR) is 72.6 cm³/mol. The number of aromatic nitrogens is 2. The Bertz CT molecular complexity index is 534. The molecule has 0 bridgehead atoms. The van der Waals surface area contributed by atoms with Gasteiger partial charge in [0, 0.05) is 44.8 Å². The van der Waals surface area contributed by atoms with Crippen LogP contribution in [0.15, 0.2) is 23.8 Å². The molecule has 1 aliphatic rings. The van der Waals surface area contributed by atoms with Gasteiger partial charge in [-0.3, -0.25) is 9.48 Å². The summed E-state index contributed by atoms with van der Waals surface area (Å²) in [6, 6.07) is 0. The smallest absolute Gasteiger partial charge is 0.282 e. The van der Waals surface area contributed by atoms with Crippen molar-refractivity contribution in [2.24, 2.45) is 13.0 Å². The summed E-state index contributed by atoms with van der Waals surface area (Å²) in [4.78, 5) is 13.5. The number of aryl methyl sites for hydroxylation is 1. The van der Waals surface area contributed by atoms with E-state index in [4.69, 9.17) is 0 Å². The molecule has 0 saturated carbocycles. The summed E-state index contributed by atoms with van der Waals surface area (Å²) in [6.07, 6.45) is 3.61. The second-order valence-corrected chi connectivity index (χ2v) is 5.52. The van der Waals surface area contributed by atoms with Gasteiger partial charge in [-0.25, -0.2) is 4.39 Å². The highest BCUT2D eigenvalue weighted by molar-refractivity contribution is 5.92. The third-order valence-corrected chi connectivity index (χ3v) is 3.74. The highest BCUT2D eigenvalue weighted by atomic mass is 19.1. The minimum absolute atomic E-state index is 0.00242. The number of amides is 1. The van der Waals surface area contributed by atoms with Gasteiger partial charge in [0.1, 0.15) is 0 Å². The average molecular weight is 281 g/mol. The largest absolute Gasteiger partial charge is 0.396 e. The quantitative estimate of drug-likeness (QED) is 0.847. The molecule has 110 valence electrons. The van der Waals surface area contributed by atoms with Gasteiger partial charge in [0.2, 0.25) is 0 Å². The molecular formula is C14H20FN3O2. The topological polar surface area (TPSA) is 58.4 Å². The summed E-state index contributed by atoms with van der Waals surface area (Å²) >= 11 is 0. The first-order valence-corrected chi connectivity index (χ1v) is 6.65. The number of likely N-dealkylation sites (tertiary alicyclic amines) is 1. The molecule has 0 unspecified atom stereocenters. The van der Waals surface area contributed by atoms with E-state index in [-0.39, 0.29) is 18.4 Å². The van der Waals surface area contributed by atoms with Crippen molar-refractivity contribution in [3.8, 4) is 0 Å². The van der Waals surface area contributed by atoms with Gasteiger partial charge < -0.3 is 10.0 Å². The second-order valence-electron chi connectivity index (χ2n) is 5.52. The minimum atomic E-state index is -0.700. The molecule has 5 nitrogen and oxygen atoms in total. The molecule has 0 spiro atoms. The van der Waals surface area contributed by atoms with Crippen molar-refractivity contribution in [1.29, 1.82) is 0 Å². The Morgan fingerprint density at radius 1 is 1.50 bits per heavy atom. The van der Waals surface area contributed by atoms with Crippen molar-refractivity contribution in [2.75, 3.05) is 19.7 Å². The monoisotopic (exact) mass is 281 g/mol. The molecule has 0 aromatic carbocycles. The first-order valence-electron chi connectivity index (χ1n) is 6.65. The van der Waals surface area contributed by atoms with Crippen LogP contribution in [0.2, 0.25) is 0 Å². The van der Waals surface area contributed by atoms with E-state index in [0.717, 1.165) is 5.56 Å². The molecule has 1 saturated heterocycles. The van der Waals surface area contributed by atoms with Crippen LogP contribution >= 0.6 is 0 Å². The number of hydrogen-bond acceptors (Lipinski definition) is 3. The van der Waals surface area contributed by atoms with Gasteiger partial charge in [0.25, 0.3) is 5.91 Å². The fourth-order valence-electron chi connectivity index (χ4n) is 2.58. The van der Waals surface area contributed by atoms with Crippen molar-refractivity contribution in [1.82, 2.24) is 14.7 Å². The molecule has 6 heteroatoms. The van der Waals surface area contributed by atoms with Crippen LogP contribution in [0.4, 0.5) is 4.39 Å². The molecule has 1 N–H and O–H groups in total. The summed E-state index contributed by atoms with van der Waals surface area (Å²) in [5, 5.41) is 13.6. The Morgan fingerprint density at radius 3 is 2.70 bits per heavy atom. The maximum atomic E-state index is 13.7. The third kappa shape index (κ3) is 2.75. The van der Waals surface area contributed by atoms with Gasteiger partial charge in [0.05, 0.1) is 6.20 Å². The van der Waals surface area contributed by atoms with Crippen LogP contribution in [0.5, 0.6) is 0 Å². The highest BCUT2D eigenvalue weighted by Crippen LogP contribution is 2.33. The molecular weight excluding hydrogens is 261 g/mol. The van der Waals surface area contributed by atoms with Crippen molar-refractivity contribution < 1.29 is 14.3 Å². The summed E-state index contributed by atoms with van der Waals surface area (Å²) in [5.74, 6) is -1.36. The zero-order valence-corrected chi connectivity index (χ0v) is 12.0. The van der Waals surface area contributed by atoms with Crippen LogP contribution in [0.25, 0.3) is 0 Å². The summed E-state index contributed by atoms with van der Waals surface area (Å²) < 4.78 is 15.4. The van der Waals surface area contributed by atoms with Crippen LogP contribution < -0.4 is 0 Å². The molecule has 2 rings (SSSR count). The number of nitrogens with zero attached hydrogens (tertiary/aromatic N) is 3. The van der Waals surface area contributed by atoms with Gasteiger partial charge >= 0.3 is 0 Å². The lowest BCUT2D eigenvalue weighted by Gasteiger charge is -2.15. The van der Waals surface area contributed by atoms with Crippen LogP contribution in [0.3, 0.4) is 0 Å². The van der Waals surface area contributed by atoms with Gasteiger partial charge in [-0.15, -0.1) is 0 Å². The number of hydrogen-bond donors (Lipinski definition) is 1. The molecule has 1 aliphatic heterocycles. The minimum Gasteiger partial charge on any atom is -0.396 e. The maximum absolute atomic E-state index is 13.7. The van der Waals surface area contributed by atoms with E-state index in [9.17, 15) is 14.3 Å². The average Bonchev–Trinajstić information content (AvgIpc) is 3.02. The van der Waals surface area contributed by atoms with E-state index in [2.05, 4.69) is 5.10 Å². The number of allylic oxidation sites excluding steroid dienone is 1. The Labute approximate surface area is 117 Å². The van der Waals surface area contributed by atoms with Crippen molar-refractivity contribution in [2.45, 2.75) is 19.8 Å². The summed E-state index contributed by atoms with van der Waals surface area (Å²) in [7, 11) is 1.82. The fourth-order valence-corrected chi connectivity index (χ4v) is 2.58. The van der Waals surface area contributed by atoms with Gasteiger partial charge in [-0.1, -0.05) is 0 Å². The van der Waals surface area contributed by atoms with Crippen LogP contribution in [-0.4, -0.2) is 45.4 Å². The van der Waals surface area contributed by atoms with Gasteiger partial charge in [0.15, 0.2) is 5.83 Å². The van der Waals surface area contributed by atoms with E-state index in [1.807, 2.05) is 13.2 Å². The van der Waals surface area contributed by atoms with Crippen LogP contribution in [0.1, 0.15) is 25.3 Å². The van der Waals surface area contributed by atoms with Crippen LogP contribution in [0, 0.1) is 5.92 Å². The first-order chi connectivity index (χ1) is 9.43. The van der Waals surface area contributed by atoms with Crippen molar-refractivity contribution >= 4 is 5.91 Å². The Morgan fingerprint density at radius 2 is 2.20 bits per heavy atom. The Kier molecular flexibility index (Phi) is 4.23. The normalized spacial score (nSPS) is 22.1. The number of carbonyl (C=O) groups excluding carboxylic acids is 1.